The Bertz CT molecular complexity index is 1570. The molecule has 8 heteroatoms. The molecule has 3 amide bonds. The van der Waals surface area contributed by atoms with Crippen molar-refractivity contribution in [1.82, 2.24) is 4.90 Å². The molecule has 0 atom stereocenters. The van der Waals surface area contributed by atoms with Gasteiger partial charge in [0.15, 0.2) is 0 Å². The summed E-state index contributed by atoms with van der Waals surface area (Å²) in [7, 11) is 0. The summed E-state index contributed by atoms with van der Waals surface area (Å²) in [4.78, 5) is 37.3. The first-order valence-corrected chi connectivity index (χ1v) is 13.0. The average Bonchev–Trinajstić information content (AvgIpc) is 3.24. The molecule has 5 rings (SSSR count). The Labute approximate surface area is 238 Å². The summed E-state index contributed by atoms with van der Waals surface area (Å²) in [5.74, 6) is -0.586. The van der Waals surface area contributed by atoms with Gasteiger partial charge >= 0.3 is 0 Å². The number of nitrogens with two attached hydrogens (primary N) is 1. The van der Waals surface area contributed by atoms with Crippen molar-refractivity contribution < 1.29 is 35.9 Å². The molecule has 0 saturated carbocycles. The number of benzene rings is 3. The van der Waals surface area contributed by atoms with Crippen LogP contribution in [-0.4, -0.2) is 29.2 Å². The first-order chi connectivity index (χ1) is 18.5. The number of fused-ring (bicyclic) bond motifs is 3. The van der Waals surface area contributed by atoms with Crippen LogP contribution in [0.5, 0.6) is 0 Å². The molecule has 0 radical (unpaired) electrons. The van der Waals surface area contributed by atoms with E-state index < -0.39 is 0 Å². The summed E-state index contributed by atoms with van der Waals surface area (Å²) in [5.41, 5.74) is 10.9. The predicted octanol–water partition coefficient (Wildman–Crippen LogP) is 1.98. The van der Waals surface area contributed by atoms with E-state index in [2.05, 4.69) is 47.1 Å². The van der Waals surface area contributed by atoms with E-state index in [-0.39, 0.29) is 34.7 Å². The van der Waals surface area contributed by atoms with Crippen molar-refractivity contribution in [2.24, 2.45) is 0 Å². The van der Waals surface area contributed by atoms with E-state index in [1.165, 1.54) is 17.1 Å². The fraction of sp³-hybridized carbons (Fsp3) is 0.226. The molecule has 4 aromatic rings. The largest absolute Gasteiger partial charge is 1.00 e. The number of nitrogens with one attached hydrogen (secondary N) is 1. The maximum absolute atomic E-state index is 12.7. The zero-order valence-corrected chi connectivity index (χ0v) is 23.4. The molecule has 0 spiro atoms. The molecule has 0 saturated heterocycles. The van der Waals surface area contributed by atoms with Gasteiger partial charge in [0, 0.05) is 53.5 Å². The third-order valence-electron chi connectivity index (χ3n) is 6.98. The van der Waals surface area contributed by atoms with Crippen LogP contribution in [0, 0.1) is 0 Å². The van der Waals surface area contributed by atoms with Gasteiger partial charge in [-0.3, -0.25) is 19.3 Å². The maximum Gasteiger partial charge on any atom is 0.253 e. The Balaban J connectivity index is 0.00000353. The highest BCUT2D eigenvalue weighted by atomic mass is 79.9. The average molecular weight is 588 g/mol. The zero-order valence-electron chi connectivity index (χ0n) is 21.8. The van der Waals surface area contributed by atoms with Gasteiger partial charge in [-0.1, -0.05) is 30.7 Å². The van der Waals surface area contributed by atoms with Crippen LogP contribution < -0.4 is 32.6 Å². The third kappa shape index (κ3) is 5.86. The van der Waals surface area contributed by atoms with E-state index in [9.17, 15) is 14.4 Å². The number of anilines is 2. The summed E-state index contributed by atoms with van der Waals surface area (Å²) in [6.07, 6.45) is 5.07. The summed E-state index contributed by atoms with van der Waals surface area (Å²) in [5, 5.41) is 6.32. The van der Waals surface area contributed by atoms with Gasteiger partial charge < -0.3 is 28.0 Å². The Kier molecular flexibility index (Phi) is 8.76. The van der Waals surface area contributed by atoms with Gasteiger partial charge in [0.05, 0.1) is 10.8 Å². The van der Waals surface area contributed by atoms with Crippen LogP contribution in [0.2, 0.25) is 0 Å². The molecule has 39 heavy (non-hydrogen) atoms. The fourth-order valence-electron chi connectivity index (χ4n) is 5.16. The summed E-state index contributed by atoms with van der Waals surface area (Å²) >= 11 is 0. The monoisotopic (exact) mass is 586 g/mol. The lowest BCUT2D eigenvalue weighted by molar-refractivity contribution is -0.655. The van der Waals surface area contributed by atoms with Crippen molar-refractivity contribution in [3.63, 3.8) is 0 Å². The topological polar surface area (TPSA) is 96.4 Å². The standard InChI is InChI=1S/C31H30N4O3.BrH/c1-2-34-27-19-22(32)12-14-25(27)24-15-13-23(20-26(24)31(34)21-9-5-3-6-10-21)33-28(36)11-7-4-8-18-35-29(37)16-17-30(35)38;/h3,5-6,9-10,12-17,19-20,32H,2,4,7-8,11,18H2,1H3,(H,33,36);1H. The Morgan fingerprint density at radius 2 is 1.59 bits per heavy atom. The highest BCUT2D eigenvalue weighted by molar-refractivity contribution is 6.13. The van der Waals surface area contributed by atoms with E-state index in [1.807, 2.05) is 36.4 Å². The Hall–Kier alpha value is -4.04. The molecule has 1 aliphatic rings. The van der Waals surface area contributed by atoms with Crippen molar-refractivity contribution in [2.75, 3.05) is 17.6 Å². The second-order valence-electron chi connectivity index (χ2n) is 9.52. The van der Waals surface area contributed by atoms with Gasteiger partial charge in [-0.25, -0.2) is 0 Å². The molecule has 1 aliphatic heterocycles. The second kappa shape index (κ2) is 12.2. The second-order valence-corrected chi connectivity index (χ2v) is 9.52. The predicted molar refractivity (Wildman–Crippen MR) is 150 cm³/mol. The molecule has 0 bridgehead atoms. The highest BCUT2D eigenvalue weighted by Gasteiger charge is 2.24. The highest BCUT2D eigenvalue weighted by Crippen LogP contribution is 2.34. The number of carbonyl (C=O) groups excluding carboxylic acids is 3. The molecule has 0 aliphatic carbocycles. The van der Waals surface area contributed by atoms with Crippen LogP contribution in [0.25, 0.3) is 32.9 Å². The number of amides is 3. The van der Waals surface area contributed by atoms with Gasteiger partial charge in [0.2, 0.25) is 17.1 Å². The number of unbranched alkanes of at least 4 members (excludes halogenated alkanes) is 2. The number of pyridine rings is 1. The number of halogens is 1. The number of rotatable bonds is 9. The number of nitrogens with zero attached hydrogens (tertiary/aromatic N) is 2. The van der Waals surface area contributed by atoms with Gasteiger partial charge in [0.25, 0.3) is 11.8 Å². The number of hydrogen-bond donors (Lipinski definition) is 2. The quantitative estimate of drug-likeness (QED) is 0.103. The molecule has 200 valence electrons. The molecule has 1 aromatic heterocycles. The van der Waals surface area contributed by atoms with Crippen molar-refractivity contribution in [1.29, 1.82) is 0 Å². The lowest BCUT2D eigenvalue weighted by Crippen LogP contribution is -3.00. The molecular formula is C31H31BrN4O3. The van der Waals surface area contributed by atoms with Crippen molar-refractivity contribution in [2.45, 2.75) is 39.2 Å². The van der Waals surface area contributed by atoms with E-state index in [1.54, 1.807) is 0 Å². The molecule has 0 unspecified atom stereocenters. The molecule has 0 fully saturated rings. The number of imide groups is 1. The normalized spacial score (nSPS) is 12.8. The SMILES string of the molecule is CC[n+]1c(-c2ccccc2)c2cc(NC(=O)CCCCCN3C(=O)C=CC3=O)ccc2c2ccc(N)cc21.[Br-]. The molecular weight excluding hydrogens is 556 g/mol. The number of carbonyl (C=O) groups is 3. The minimum Gasteiger partial charge on any atom is -1.00 e. The van der Waals surface area contributed by atoms with E-state index >= 15 is 0 Å². The first-order valence-electron chi connectivity index (χ1n) is 13.0. The fourth-order valence-corrected chi connectivity index (χ4v) is 5.16. The van der Waals surface area contributed by atoms with Gasteiger partial charge in [0.1, 0.15) is 6.54 Å². The van der Waals surface area contributed by atoms with Gasteiger partial charge in [-0.2, -0.15) is 4.57 Å². The molecule has 3 aromatic carbocycles. The van der Waals surface area contributed by atoms with Crippen molar-refractivity contribution in [3.05, 3.63) is 78.9 Å². The van der Waals surface area contributed by atoms with Crippen LogP contribution in [0.4, 0.5) is 11.4 Å². The Morgan fingerprint density at radius 3 is 2.31 bits per heavy atom. The summed E-state index contributed by atoms with van der Waals surface area (Å²) in [6.45, 7) is 3.27. The molecule has 2 heterocycles. The van der Waals surface area contributed by atoms with Crippen LogP contribution in [0.1, 0.15) is 32.6 Å². The third-order valence-corrected chi connectivity index (χ3v) is 6.98. The number of hydrogen-bond acceptors (Lipinski definition) is 4. The minimum absolute atomic E-state index is 0. The molecule has 7 nitrogen and oxygen atoms in total. The zero-order chi connectivity index (χ0) is 26.6. The van der Waals surface area contributed by atoms with Crippen LogP contribution in [0.15, 0.2) is 78.9 Å². The maximum atomic E-state index is 12.7. The van der Waals surface area contributed by atoms with E-state index in [0.717, 1.165) is 57.3 Å². The van der Waals surface area contributed by atoms with Crippen LogP contribution >= 0.6 is 0 Å². The number of aromatic nitrogens is 1. The van der Waals surface area contributed by atoms with Crippen LogP contribution in [-0.2, 0) is 20.9 Å². The van der Waals surface area contributed by atoms with Crippen molar-refractivity contribution >= 4 is 50.8 Å². The van der Waals surface area contributed by atoms with Gasteiger partial charge in [-0.05, 0) is 56.2 Å². The smallest absolute Gasteiger partial charge is 0.253 e. The Morgan fingerprint density at radius 1 is 0.872 bits per heavy atom. The first kappa shape index (κ1) is 28.0. The van der Waals surface area contributed by atoms with E-state index in [4.69, 9.17) is 5.73 Å². The van der Waals surface area contributed by atoms with Gasteiger partial charge in [-0.15, -0.1) is 0 Å². The lowest BCUT2D eigenvalue weighted by atomic mass is 9.98. The number of nitrogen functional groups attached to an aromatic ring is 1. The van der Waals surface area contributed by atoms with Crippen molar-refractivity contribution in [3.8, 4) is 11.3 Å². The van der Waals surface area contributed by atoms with Crippen LogP contribution in [0.3, 0.4) is 0 Å². The summed E-state index contributed by atoms with van der Waals surface area (Å²) < 4.78 is 2.28. The lowest BCUT2D eigenvalue weighted by Gasteiger charge is -2.14. The minimum atomic E-state index is -0.264. The van der Waals surface area contributed by atoms with E-state index in [0.29, 0.717) is 25.8 Å². The summed E-state index contributed by atoms with van der Waals surface area (Å²) in [6, 6.07) is 22.3. The molecule has 3 N–H and O–H groups in total. The number of aryl methyl sites for hydroxylation is 1.